The lowest BCUT2D eigenvalue weighted by atomic mass is 10.2. The number of benzene rings is 2. The summed E-state index contributed by atoms with van der Waals surface area (Å²) < 4.78 is 21.2. The molecular weight excluding hydrogens is 348 g/mol. The highest BCUT2D eigenvalue weighted by molar-refractivity contribution is 5.91. The Hall–Kier alpha value is -3.09. The van der Waals surface area contributed by atoms with Crippen molar-refractivity contribution < 1.29 is 23.7 Å². The van der Waals surface area contributed by atoms with Crippen molar-refractivity contribution >= 4 is 17.3 Å². The molecule has 0 spiro atoms. The summed E-state index contributed by atoms with van der Waals surface area (Å²) in [4.78, 5) is 12.3. The van der Waals surface area contributed by atoms with E-state index < -0.39 is 0 Å². The highest BCUT2D eigenvalue weighted by Gasteiger charge is 2.14. The number of carbonyl (C=O) groups is 1. The Kier molecular flexibility index (Phi) is 7.16. The third kappa shape index (κ3) is 5.20. The fraction of sp³-hybridized carbons (Fsp3) is 0.350. The number of rotatable bonds is 9. The molecule has 1 amide bonds. The number of anilines is 2. The van der Waals surface area contributed by atoms with E-state index in [9.17, 15) is 4.79 Å². The molecule has 0 saturated carbocycles. The highest BCUT2D eigenvalue weighted by Crippen LogP contribution is 2.39. The Morgan fingerprint density at radius 1 is 0.889 bits per heavy atom. The summed E-state index contributed by atoms with van der Waals surface area (Å²) in [6.45, 7) is 2.47. The molecular formula is C20H26N2O5. The molecule has 7 nitrogen and oxygen atoms in total. The van der Waals surface area contributed by atoms with Crippen molar-refractivity contribution in [2.24, 2.45) is 0 Å². The molecule has 0 atom stereocenters. The van der Waals surface area contributed by atoms with E-state index in [2.05, 4.69) is 10.6 Å². The summed E-state index contributed by atoms with van der Waals surface area (Å²) in [5, 5.41) is 6.07. The maximum Gasteiger partial charge on any atom is 0.226 e. The molecule has 2 aromatic carbocycles. The van der Waals surface area contributed by atoms with Crippen molar-refractivity contribution in [1.29, 1.82) is 0 Å². The maximum absolute atomic E-state index is 12.3. The lowest BCUT2D eigenvalue weighted by Crippen LogP contribution is -2.16. The van der Waals surface area contributed by atoms with Crippen molar-refractivity contribution in [2.45, 2.75) is 13.3 Å². The van der Waals surface area contributed by atoms with Gasteiger partial charge in [-0.2, -0.15) is 0 Å². The Morgan fingerprint density at radius 2 is 1.52 bits per heavy atom. The van der Waals surface area contributed by atoms with Gasteiger partial charge in [0.25, 0.3) is 0 Å². The molecule has 146 valence electrons. The van der Waals surface area contributed by atoms with Crippen molar-refractivity contribution in [3.05, 3.63) is 35.9 Å². The first-order valence-electron chi connectivity index (χ1n) is 8.50. The van der Waals surface area contributed by atoms with Gasteiger partial charge in [0.05, 0.1) is 34.1 Å². The summed E-state index contributed by atoms with van der Waals surface area (Å²) >= 11 is 0. The minimum Gasteiger partial charge on any atom is -0.495 e. The second-order valence-corrected chi connectivity index (χ2v) is 5.84. The summed E-state index contributed by atoms with van der Waals surface area (Å²) in [7, 11) is 6.21. The molecule has 0 unspecified atom stereocenters. The van der Waals surface area contributed by atoms with Gasteiger partial charge in [-0.15, -0.1) is 0 Å². The van der Waals surface area contributed by atoms with Crippen LogP contribution in [0.15, 0.2) is 30.3 Å². The van der Waals surface area contributed by atoms with Crippen molar-refractivity contribution in [3.63, 3.8) is 0 Å². The SMILES string of the molecule is COc1ccc(C)cc1NCCC(=O)Nc1cc(OC)c(OC)c(OC)c1. The number of hydrogen-bond donors (Lipinski definition) is 2. The van der Waals surface area contributed by atoms with E-state index in [4.69, 9.17) is 18.9 Å². The van der Waals surface area contributed by atoms with E-state index in [1.165, 1.54) is 21.3 Å². The fourth-order valence-electron chi connectivity index (χ4n) is 2.65. The zero-order valence-electron chi connectivity index (χ0n) is 16.3. The number of aryl methyl sites for hydroxylation is 1. The summed E-state index contributed by atoms with van der Waals surface area (Å²) in [5.41, 5.74) is 2.54. The normalized spacial score (nSPS) is 10.1. The van der Waals surface area contributed by atoms with Gasteiger partial charge >= 0.3 is 0 Å². The zero-order chi connectivity index (χ0) is 19.8. The van der Waals surface area contributed by atoms with Gasteiger partial charge in [0.15, 0.2) is 11.5 Å². The van der Waals surface area contributed by atoms with Gasteiger partial charge in [-0.1, -0.05) is 6.07 Å². The number of methoxy groups -OCH3 is 4. The van der Waals surface area contributed by atoms with Gasteiger partial charge < -0.3 is 29.6 Å². The smallest absolute Gasteiger partial charge is 0.226 e. The Labute approximate surface area is 159 Å². The van der Waals surface area contributed by atoms with Crippen LogP contribution in [0.3, 0.4) is 0 Å². The summed E-state index contributed by atoms with van der Waals surface area (Å²) in [6, 6.07) is 9.23. The van der Waals surface area contributed by atoms with E-state index >= 15 is 0 Å². The summed E-state index contributed by atoms with van der Waals surface area (Å²) in [5.74, 6) is 2.05. The first-order chi connectivity index (χ1) is 13.0. The van der Waals surface area contributed by atoms with Gasteiger partial charge in [0.1, 0.15) is 5.75 Å². The predicted molar refractivity (Wildman–Crippen MR) is 106 cm³/mol. The minimum absolute atomic E-state index is 0.136. The molecule has 27 heavy (non-hydrogen) atoms. The molecule has 0 aliphatic rings. The van der Waals surface area contributed by atoms with Crippen LogP contribution in [-0.2, 0) is 4.79 Å². The van der Waals surface area contributed by atoms with E-state index in [-0.39, 0.29) is 12.3 Å². The molecule has 0 aliphatic heterocycles. The zero-order valence-corrected chi connectivity index (χ0v) is 16.3. The molecule has 0 saturated heterocycles. The van der Waals surface area contributed by atoms with Crippen LogP contribution in [0, 0.1) is 6.92 Å². The lowest BCUT2D eigenvalue weighted by molar-refractivity contribution is -0.115. The Balaban J connectivity index is 1.99. The largest absolute Gasteiger partial charge is 0.495 e. The van der Waals surface area contributed by atoms with Crippen LogP contribution in [-0.4, -0.2) is 40.9 Å². The summed E-state index contributed by atoms with van der Waals surface area (Å²) in [6.07, 6.45) is 0.285. The van der Waals surface area contributed by atoms with Crippen molar-refractivity contribution in [1.82, 2.24) is 0 Å². The van der Waals surface area contributed by atoms with Gasteiger partial charge in [0.2, 0.25) is 11.7 Å². The van der Waals surface area contributed by atoms with Crippen LogP contribution in [0.1, 0.15) is 12.0 Å². The number of amides is 1. The quantitative estimate of drug-likeness (QED) is 0.700. The molecule has 7 heteroatoms. The highest BCUT2D eigenvalue weighted by atomic mass is 16.5. The fourth-order valence-corrected chi connectivity index (χ4v) is 2.65. The van der Waals surface area contributed by atoms with Crippen molar-refractivity contribution in [3.8, 4) is 23.0 Å². The number of ether oxygens (including phenoxy) is 4. The maximum atomic E-state index is 12.3. The molecule has 0 fully saturated rings. The van der Waals surface area contributed by atoms with Crippen LogP contribution >= 0.6 is 0 Å². The third-order valence-electron chi connectivity index (χ3n) is 3.97. The first kappa shape index (κ1) is 20.2. The molecule has 0 aromatic heterocycles. The van der Waals surface area contributed by atoms with Gasteiger partial charge in [0, 0.05) is 30.8 Å². The van der Waals surface area contributed by atoms with E-state index in [0.717, 1.165) is 17.0 Å². The van der Waals surface area contributed by atoms with Crippen LogP contribution in [0.25, 0.3) is 0 Å². The number of carbonyl (C=O) groups excluding carboxylic acids is 1. The lowest BCUT2D eigenvalue weighted by Gasteiger charge is -2.15. The van der Waals surface area contributed by atoms with E-state index in [1.54, 1.807) is 19.2 Å². The molecule has 2 aromatic rings. The predicted octanol–water partition coefficient (Wildman–Crippen LogP) is 3.47. The third-order valence-corrected chi connectivity index (χ3v) is 3.97. The monoisotopic (exact) mass is 374 g/mol. The molecule has 0 aliphatic carbocycles. The number of hydrogen-bond acceptors (Lipinski definition) is 6. The minimum atomic E-state index is -0.136. The van der Waals surface area contributed by atoms with E-state index in [0.29, 0.717) is 29.5 Å². The van der Waals surface area contributed by atoms with Crippen molar-refractivity contribution in [2.75, 3.05) is 45.6 Å². The molecule has 0 radical (unpaired) electrons. The second-order valence-electron chi connectivity index (χ2n) is 5.84. The van der Waals surface area contributed by atoms with E-state index in [1.807, 2.05) is 25.1 Å². The van der Waals surface area contributed by atoms with Gasteiger partial charge in [-0.05, 0) is 24.6 Å². The second kappa shape index (κ2) is 9.56. The van der Waals surface area contributed by atoms with Crippen LogP contribution in [0.2, 0.25) is 0 Å². The Bertz CT molecular complexity index is 767. The molecule has 2 rings (SSSR count). The molecule has 0 heterocycles. The Morgan fingerprint density at radius 3 is 2.07 bits per heavy atom. The standard InChI is InChI=1S/C20H26N2O5/c1-13-6-7-16(24-2)15(10-13)21-9-8-19(23)22-14-11-17(25-3)20(27-5)18(12-14)26-4/h6-7,10-12,21H,8-9H2,1-5H3,(H,22,23). The number of nitrogens with one attached hydrogen (secondary N) is 2. The van der Waals surface area contributed by atoms with Crippen LogP contribution in [0.5, 0.6) is 23.0 Å². The van der Waals surface area contributed by atoms with Gasteiger partial charge in [-0.3, -0.25) is 4.79 Å². The topological polar surface area (TPSA) is 78.1 Å². The average Bonchev–Trinajstić information content (AvgIpc) is 2.67. The first-order valence-corrected chi connectivity index (χ1v) is 8.50. The molecule has 2 N–H and O–H groups in total. The van der Waals surface area contributed by atoms with Gasteiger partial charge in [-0.25, -0.2) is 0 Å². The van der Waals surface area contributed by atoms with Crippen LogP contribution in [0.4, 0.5) is 11.4 Å². The molecule has 0 bridgehead atoms. The average molecular weight is 374 g/mol. The van der Waals surface area contributed by atoms with Crippen LogP contribution < -0.4 is 29.6 Å².